The molecule has 1 aliphatic heterocycles. The fraction of sp³-hybridized carbons (Fsp3) is 0.538. The normalized spacial score (nSPS) is 31.8. The van der Waals surface area contributed by atoms with E-state index in [1.54, 1.807) is 6.92 Å². The van der Waals surface area contributed by atoms with Crippen LogP contribution in [0.1, 0.15) is 5.56 Å². The van der Waals surface area contributed by atoms with Crippen LogP contribution in [0.5, 0.6) is 0 Å². The van der Waals surface area contributed by atoms with E-state index in [4.69, 9.17) is 9.84 Å². The third-order valence-corrected chi connectivity index (χ3v) is 3.62. The summed E-state index contributed by atoms with van der Waals surface area (Å²) in [5, 5.41) is 52.0. The van der Waals surface area contributed by atoms with Crippen LogP contribution >= 0.6 is 0 Å². The van der Waals surface area contributed by atoms with Crippen molar-refractivity contribution in [1.29, 1.82) is 0 Å². The Kier molecular flexibility index (Phi) is 4.94. The van der Waals surface area contributed by atoms with E-state index in [2.05, 4.69) is 5.32 Å². The first kappa shape index (κ1) is 16.6. The molecular weight excluding hydrogens is 296 g/mol. The van der Waals surface area contributed by atoms with Gasteiger partial charge >= 0.3 is 0 Å². The van der Waals surface area contributed by atoms with Crippen LogP contribution in [0.15, 0.2) is 18.2 Å². The van der Waals surface area contributed by atoms with Crippen molar-refractivity contribution in [1.82, 2.24) is 0 Å². The van der Waals surface area contributed by atoms with Gasteiger partial charge in [0.25, 0.3) is 5.69 Å². The number of anilines is 1. The number of hydrogen-bond donors (Lipinski definition) is 5. The third-order valence-electron chi connectivity index (χ3n) is 3.62. The summed E-state index contributed by atoms with van der Waals surface area (Å²) in [5.74, 6) is 0. The molecule has 5 atom stereocenters. The van der Waals surface area contributed by atoms with E-state index in [1.807, 2.05) is 0 Å². The highest BCUT2D eigenvalue weighted by atomic mass is 16.6. The number of rotatable bonds is 4. The van der Waals surface area contributed by atoms with Gasteiger partial charge in [0.2, 0.25) is 0 Å². The number of aryl methyl sites for hydroxylation is 1. The second-order valence-electron chi connectivity index (χ2n) is 5.15. The predicted octanol–water partition coefficient (Wildman–Crippen LogP) is -0.885. The Balaban J connectivity index is 2.22. The largest absolute Gasteiger partial charge is 0.394 e. The smallest absolute Gasteiger partial charge is 0.271 e. The number of nitrogens with zero attached hydrogens (tertiary/aromatic N) is 1. The van der Waals surface area contributed by atoms with Crippen molar-refractivity contribution in [3.63, 3.8) is 0 Å². The Morgan fingerprint density at radius 3 is 2.55 bits per heavy atom. The van der Waals surface area contributed by atoms with Gasteiger partial charge in [0.05, 0.1) is 11.5 Å². The first-order valence-electron chi connectivity index (χ1n) is 6.67. The number of ether oxygens (including phenoxy) is 1. The number of aliphatic hydroxyl groups excluding tert-OH is 4. The Hall–Kier alpha value is -1.78. The Morgan fingerprint density at radius 2 is 1.95 bits per heavy atom. The minimum Gasteiger partial charge on any atom is -0.394 e. The van der Waals surface area contributed by atoms with Crippen molar-refractivity contribution in [2.75, 3.05) is 11.9 Å². The molecule has 1 fully saturated rings. The van der Waals surface area contributed by atoms with E-state index in [-0.39, 0.29) is 5.69 Å². The van der Waals surface area contributed by atoms with Gasteiger partial charge in [-0.3, -0.25) is 10.1 Å². The molecule has 122 valence electrons. The second-order valence-corrected chi connectivity index (χ2v) is 5.15. The van der Waals surface area contributed by atoms with E-state index in [1.165, 1.54) is 18.2 Å². The quantitative estimate of drug-likeness (QED) is 0.355. The standard InChI is InChI=1S/C13H18N2O7/c1-6-2-3-7(15(20)21)4-8(6)14-13-12(19)11(18)10(17)9(5-16)22-13/h2-4,9-14,16-19H,5H2,1H3/t9-,10-,11-,12-,13-/m0/s1. The number of nitro benzene ring substituents is 1. The molecule has 0 aliphatic carbocycles. The van der Waals surface area contributed by atoms with E-state index in [0.717, 1.165) is 0 Å². The minimum absolute atomic E-state index is 0.141. The maximum absolute atomic E-state index is 10.8. The highest BCUT2D eigenvalue weighted by Crippen LogP contribution is 2.27. The summed E-state index contributed by atoms with van der Waals surface area (Å²) in [6.45, 7) is 1.16. The number of benzene rings is 1. The molecule has 9 heteroatoms. The van der Waals surface area contributed by atoms with Crippen molar-refractivity contribution in [3.05, 3.63) is 33.9 Å². The van der Waals surface area contributed by atoms with Gasteiger partial charge in [-0.2, -0.15) is 0 Å². The molecule has 2 rings (SSSR count). The molecule has 0 unspecified atom stereocenters. The van der Waals surface area contributed by atoms with Crippen molar-refractivity contribution < 1.29 is 30.1 Å². The molecule has 22 heavy (non-hydrogen) atoms. The molecular formula is C13H18N2O7. The molecule has 0 radical (unpaired) electrons. The monoisotopic (exact) mass is 314 g/mol. The molecule has 0 bridgehead atoms. The predicted molar refractivity (Wildman–Crippen MR) is 75.2 cm³/mol. The van der Waals surface area contributed by atoms with Crippen molar-refractivity contribution in [3.8, 4) is 0 Å². The summed E-state index contributed by atoms with van der Waals surface area (Å²) in [4.78, 5) is 10.2. The molecule has 1 heterocycles. The lowest BCUT2D eigenvalue weighted by Gasteiger charge is -2.40. The highest BCUT2D eigenvalue weighted by molar-refractivity contribution is 5.57. The number of hydrogen-bond acceptors (Lipinski definition) is 8. The summed E-state index contributed by atoms with van der Waals surface area (Å²) < 4.78 is 5.30. The number of aliphatic hydroxyl groups is 4. The van der Waals surface area contributed by atoms with Gasteiger partial charge in [0.1, 0.15) is 24.4 Å². The zero-order valence-electron chi connectivity index (χ0n) is 11.8. The minimum atomic E-state index is -1.51. The van der Waals surface area contributed by atoms with E-state index < -0.39 is 42.2 Å². The van der Waals surface area contributed by atoms with Crippen molar-refractivity contribution in [2.24, 2.45) is 0 Å². The highest BCUT2D eigenvalue weighted by Gasteiger charge is 2.43. The Labute approximate surface area is 125 Å². The molecule has 1 aromatic carbocycles. The van der Waals surface area contributed by atoms with Crippen LogP contribution in [-0.2, 0) is 4.74 Å². The maximum atomic E-state index is 10.8. The Bertz CT molecular complexity index is 551. The molecule has 0 amide bonds. The average Bonchev–Trinajstić information content (AvgIpc) is 2.49. The van der Waals surface area contributed by atoms with Gasteiger partial charge in [0, 0.05) is 17.8 Å². The lowest BCUT2D eigenvalue weighted by atomic mass is 9.98. The van der Waals surface area contributed by atoms with Gasteiger partial charge < -0.3 is 30.5 Å². The van der Waals surface area contributed by atoms with Gasteiger partial charge in [-0.05, 0) is 12.5 Å². The summed E-state index contributed by atoms with van der Waals surface area (Å²) in [6, 6.07) is 4.15. The molecule has 0 saturated carbocycles. The van der Waals surface area contributed by atoms with E-state index >= 15 is 0 Å². The van der Waals surface area contributed by atoms with Crippen molar-refractivity contribution >= 4 is 11.4 Å². The Morgan fingerprint density at radius 1 is 1.27 bits per heavy atom. The molecule has 0 spiro atoms. The number of nitro groups is 1. The fourth-order valence-electron chi connectivity index (χ4n) is 2.25. The summed E-state index contributed by atoms with van der Waals surface area (Å²) in [6.07, 6.45) is -6.60. The van der Waals surface area contributed by atoms with Crippen LogP contribution in [0.3, 0.4) is 0 Å². The van der Waals surface area contributed by atoms with E-state index in [9.17, 15) is 25.4 Å². The summed E-state index contributed by atoms with van der Waals surface area (Å²) >= 11 is 0. The number of nitrogens with one attached hydrogen (secondary N) is 1. The summed E-state index contributed by atoms with van der Waals surface area (Å²) in [5.41, 5.74) is 0.874. The van der Waals surface area contributed by atoms with E-state index in [0.29, 0.717) is 11.3 Å². The van der Waals surface area contributed by atoms with Gasteiger partial charge in [-0.25, -0.2) is 0 Å². The maximum Gasteiger partial charge on any atom is 0.271 e. The van der Waals surface area contributed by atoms with Crippen molar-refractivity contribution in [2.45, 2.75) is 37.6 Å². The fourth-order valence-corrected chi connectivity index (χ4v) is 2.25. The molecule has 1 saturated heterocycles. The molecule has 1 aliphatic rings. The zero-order chi connectivity index (χ0) is 16.4. The zero-order valence-corrected chi connectivity index (χ0v) is 11.8. The van der Waals surface area contributed by atoms with Crippen LogP contribution in [0.25, 0.3) is 0 Å². The molecule has 9 nitrogen and oxygen atoms in total. The molecule has 5 N–H and O–H groups in total. The van der Waals surface area contributed by atoms with Crippen LogP contribution in [0, 0.1) is 17.0 Å². The SMILES string of the molecule is Cc1ccc([N+](=O)[O-])cc1N[C@H]1O[C@@H](CO)[C@H](O)[C@H](O)[C@@H]1O. The van der Waals surface area contributed by atoms with Gasteiger partial charge in [-0.1, -0.05) is 6.07 Å². The number of non-ortho nitro benzene ring substituents is 1. The summed E-state index contributed by atoms with van der Waals surface area (Å²) in [7, 11) is 0. The topological polar surface area (TPSA) is 145 Å². The molecule has 0 aromatic heterocycles. The lowest BCUT2D eigenvalue weighted by molar-refractivity contribution is -0.384. The molecule has 1 aromatic rings. The van der Waals surface area contributed by atoms with Crippen LogP contribution in [-0.4, -0.2) is 62.6 Å². The lowest BCUT2D eigenvalue weighted by Crippen LogP contribution is -2.60. The van der Waals surface area contributed by atoms with Gasteiger partial charge in [-0.15, -0.1) is 0 Å². The average molecular weight is 314 g/mol. The first-order chi connectivity index (χ1) is 10.3. The van der Waals surface area contributed by atoms with Crippen LogP contribution in [0.2, 0.25) is 0 Å². The van der Waals surface area contributed by atoms with Crippen LogP contribution in [0.4, 0.5) is 11.4 Å². The first-order valence-corrected chi connectivity index (χ1v) is 6.67. The third kappa shape index (κ3) is 3.18. The second kappa shape index (κ2) is 6.55. The van der Waals surface area contributed by atoms with Gasteiger partial charge in [0.15, 0.2) is 6.23 Å². The van der Waals surface area contributed by atoms with Crippen LogP contribution < -0.4 is 5.32 Å².